The summed E-state index contributed by atoms with van der Waals surface area (Å²) < 4.78 is 16.5. The first-order valence-corrected chi connectivity index (χ1v) is 6.52. The van der Waals surface area contributed by atoms with E-state index in [9.17, 15) is 4.39 Å². The lowest BCUT2D eigenvalue weighted by molar-refractivity contribution is 0.627. The molecule has 3 nitrogen and oxygen atoms in total. The Hall–Kier alpha value is -1.20. The first-order chi connectivity index (χ1) is 8.54. The molecule has 0 aliphatic carbocycles. The van der Waals surface area contributed by atoms with Crippen molar-refractivity contribution in [2.75, 3.05) is 6.54 Å². The highest BCUT2D eigenvalue weighted by atomic mass is 79.9. The molecule has 0 aliphatic heterocycles. The number of hydrogen-bond acceptors (Lipinski definition) is 2. The first-order valence-electron chi connectivity index (χ1n) is 5.72. The molecule has 0 saturated heterocycles. The van der Waals surface area contributed by atoms with Gasteiger partial charge in [-0.1, -0.05) is 15.9 Å². The fourth-order valence-corrected chi connectivity index (χ4v) is 2.48. The zero-order valence-electron chi connectivity index (χ0n) is 10.4. The molecule has 18 heavy (non-hydrogen) atoms. The highest BCUT2D eigenvalue weighted by Gasteiger charge is 2.16. The van der Waals surface area contributed by atoms with Gasteiger partial charge in [0.1, 0.15) is 5.82 Å². The van der Waals surface area contributed by atoms with Crippen molar-refractivity contribution in [3.63, 3.8) is 0 Å². The van der Waals surface area contributed by atoms with E-state index in [1.165, 1.54) is 6.07 Å². The third kappa shape index (κ3) is 2.33. The Balaban J connectivity index is 2.60. The highest BCUT2D eigenvalue weighted by molar-refractivity contribution is 9.10. The molecule has 96 valence electrons. The molecular formula is C13H15BrFN3. The van der Waals surface area contributed by atoms with Crippen LogP contribution < -0.4 is 5.73 Å². The lowest BCUT2D eigenvalue weighted by Gasteiger charge is -2.06. The van der Waals surface area contributed by atoms with Gasteiger partial charge in [-0.3, -0.25) is 4.68 Å². The van der Waals surface area contributed by atoms with Crippen LogP contribution in [-0.4, -0.2) is 16.3 Å². The smallest absolute Gasteiger partial charge is 0.132 e. The third-order valence-corrected chi connectivity index (χ3v) is 3.44. The summed E-state index contributed by atoms with van der Waals surface area (Å²) in [7, 11) is 1.82. The van der Waals surface area contributed by atoms with Crippen molar-refractivity contribution in [1.82, 2.24) is 9.78 Å². The Labute approximate surface area is 114 Å². The summed E-state index contributed by atoms with van der Waals surface area (Å²) in [6.45, 7) is 2.49. The molecule has 5 heteroatoms. The second-order valence-electron chi connectivity index (χ2n) is 4.21. The van der Waals surface area contributed by atoms with Crippen LogP contribution in [0.25, 0.3) is 11.3 Å². The summed E-state index contributed by atoms with van der Waals surface area (Å²) in [5.41, 5.74) is 8.82. The Morgan fingerprint density at radius 1 is 1.44 bits per heavy atom. The van der Waals surface area contributed by atoms with E-state index in [0.717, 1.165) is 21.4 Å². The highest BCUT2D eigenvalue weighted by Crippen LogP contribution is 2.30. The fourth-order valence-electron chi connectivity index (χ4n) is 2.11. The maximum absolute atomic E-state index is 13.9. The predicted octanol–water partition coefficient (Wildman–Crippen LogP) is 2.80. The molecule has 0 atom stereocenters. The minimum atomic E-state index is -0.247. The van der Waals surface area contributed by atoms with Crippen molar-refractivity contribution in [3.05, 3.63) is 39.7 Å². The Bertz CT molecular complexity index is 578. The van der Waals surface area contributed by atoms with Crippen molar-refractivity contribution in [2.24, 2.45) is 12.8 Å². The summed E-state index contributed by atoms with van der Waals surface area (Å²) in [4.78, 5) is 0. The molecule has 0 fully saturated rings. The number of nitrogens with two attached hydrogens (primary N) is 1. The van der Waals surface area contributed by atoms with Gasteiger partial charge in [-0.25, -0.2) is 4.39 Å². The molecule has 0 saturated carbocycles. The zero-order chi connectivity index (χ0) is 13.3. The summed E-state index contributed by atoms with van der Waals surface area (Å²) in [5, 5.41) is 4.40. The predicted molar refractivity (Wildman–Crippen MR) is 73.8 cm³/mol. The van der Waals surface area contributed by atoms with E-state index >= 15 is 0 Å². The molecule has 0 spiro atoms. The van der Waals surface area contributed by atoms with Crippen molar-refractivity contribution in [3.8, 4) is 11.3 Å². The van der Waals surface area contributed by atoms with E-state index < -0.39 is 0 Å². The van der Waals surface area contributed by atoms with Crippen LogP contribution in [0.15, 0.2) is 22.7 Å². The summed E-state index contributed by atoms with van der Waals surface area (Å²) in [5.74, 6) is -0.247. The average Bonchev–Trinajstić information content (AvgIpc) is 2.59. The van der Waals surface area contributed by atoms with Crippen LogP contribution in [-0.2, 0) is 13.5 Å². The van der Waals surface area contributed by atoms with Gasteiger partial charge >= 0.3 is 0 Å². The quantitative estimate of drug-likeness (QED) is 0.947. The van der Waals surface area contributed by atoms with Gasteiger partial charge in [0.2, 0.25) is 0 Å². The number of aryl methyl sites for hydroxylation is 1. The third-order valence-electron chi connectivity index (χ3n) is 2.95. The van der Waals surface area contributed by atoms with Crippen LogP contribution in [0.2, 0.25) is 0 Å². The van der Waals surface area contributed by atoms with Crippen LogP contribution in [0, 0.1) is 12.7 Å². The second-order valence-corrected chi connectivity index (χ2v) is 5.12. The Kier molecular flexibility index (Phi) is 3.82. The number of rotatable bonds is 3. The first kappa shape index (κ1) is 13.2. The van der Waals surface area contributed by atoms with Crippen LogP contribution in [0.3, 0.4) is 0 Å². The van der Waals surface area contributed by atoms with Gasteiger partial charge in [-0.15, -0.1) is 0 Å². The monoisotopic (exact) mass is 311 g/mol. The SMILES string of the molecule is Cc1c(CCN)nn(C)c1-c1cc(Br)ccc1F. The Morgan fingerprint density at radius 2 is 2.17 bits per heavy atom. The lowest BCUT2D eigenvalue weighted by Crippen LogP contribution is -2.04. The minimum absolute atomic E-state index is 0.247. The van der Waals surface area contributed by atoms with Crippen molar-refractivity contribution in [2.45, 2.75) is 13.3 Å². The molecule has 1 aromatic heterocycles. The van der Waals surface area contributed by atoms with Gasteiger partial charge in [0.25, 0.3) is 0 Å². The minimum Gasteiger partial charge on any atom is -0.330 e. The van der Waals surface area contributed by atoms with Gasteiger partial charge in [0.15, 0.2) is 0 Å². The number of nitrogens with zero attached hydrogens (tertiary/aromatic N) is 2. The van der Waals surface area contributed by atoms with Crippen LogP contribution in [0.1, 0.15) is 11.3 Å². The standard InChI is InChI=1S/C13H15BrFN3/c1-8-12(5-6-16)17-18(2)13(8)10-7-9(14)3-4-11(10)15/h3-4,7H,5-6,16H2,1-2H3. The lowest BCUT2D eigenvalue weighted by atomic mass is 10.1. The molecule has 2 rings (SSSR count). The summed E-state index contributed by atoms with van der Waals surface area (Å²) >= 11 is 3.36. The number of benzene rings is 1. The number of aromatic nitrogens is 2. The van der Waals surface area contributed by atoms with Crippen LogP contribution in [0.4, 0.5) is 4.39 Å². The van der Waals surface area contributed by atoms with E-state index in [4.69, 9.17) is 5.73 Å². The molecule has 0 amide bonds. The van der Waals surface area contributed by atoms with Gasteiger partial charge in [-0.05, 0) is 37.2 Å². The average molecular weight is 312 g/mol. The zero-order valence-corrected chi connectivity index (χ0v) is 12.0. The molecule has 1 heterocycles. The van der Waals surface area contributed by atoms with Crippen molar-refractivity contribution >= 4 is 15.9 Å². The van der Waals surface area contributed by atoms with E-state index in [-0.39, 0.29) is 5.82 Å². The molecule has 2 N–H and O–H groups in total. The normalized spacial score (nSPS) is 10.9. The van der Waals surface area contributed by atoms with E-state index in [1.54, 1.807) is 16.8 Å². The van der Waals surface area contributed by atoms with Crippen molar-refractivity contribution < 1.29 is 4.39 Å². The topological polar surface area (TPSA) is 43.8 Å². The van der Waals surface area contributed by atoms with Crippen LogP contribution in [0.5, 0.6) is 0 Å². The summed E-state index contributed by atoms with van der Waals surface area (Å²) in [6, 6.07) is 4.91. The molecule has 1 aromatic carbocycles. The summed E-state index contributed by atoms with van der Waals surface area (Å²) in [6.07, 6.45) is 0.704. The second kappa shape index (κ2) is 5.20. The van der Waals surface area contributed by atoms with Gasteiger partial charge in [0, 0.05) is 23.5 Å². The Morgan fingerprint density at radius 3 is 2.83 bits per heavy atom. The molecule has 0 bridgehead atoms. The van der Waals surface area contributed by atoms with E-state index in [0.29, 0.717) is 18.5 Å². The maximum Gasteiger partial charge on any atom is 0.132 e. The molecule has 0 aliphatic rings. The molecule has 2 aromatic rings. The number of halogens is 2. The molecule has 0 unspecified atom stereocenters. The van der Waals surface area contributed by atoms with Gasteiger partial charge in [-0.2, -0.15) is 5.10 Å². The van der Waals surface area contributed by atoms with Gasteiger partial charge in [0.05, 0.1) is 11.4 Å². The van der Waals surface area contributed by atoms with E-state index in [2.05, 4.69) is 21.0 Å². The van der Waals surface area contributed by atoms with E-state index in [1.807, 2.05) is 14.0 Å². The molecule has 0 radical (unpaired) electrons. The van der Waals surface area contributed by atoms with Crippen LogP contribution >= 0.6 is 15.9 Å². The fraction of sp³-hybridized carbons (Fsp3) is 0.308. The maximum atomic E-state index is 13.9. The van der Waals surface area contributed by atoms with Gasteiger partial charge < -0.3 is 5.73 Å². The molecular weight excluding hydrogens is 297 g/mol. The number of hydrogen-bond donors (Lipinski definition) is 1. The van der Waals surface area contributed by atoms with Crippen molar-refractivity contribution in [1.29, 1.82) is 0 Å². The largest absolute Gasteiger partial charge is 0.330 e.